The number of nitrogens with zero attached hydrogens (tertiary/aromatic N) is 2. The molecule has 0 unspecified atom stereocenters. The van der Waals surface area contributed by atoms with Crippen molar-refractivity contribution in [3.8, 4) is 0 Å². The van der Waals surface area contributed by atoms with Crippen molar-refractivity contribution < 1.29 is 4.79 Å². The van der Waals surface area contributed by atoms with Gasteiger partial charge in [0, 0.05) is 24.8 Å². The van der Waals surface area contributed by atoms with Crippen LogP contribution in [0.2, 0.25) is 0 Å². The molecule has 0 aliphatic heterocycles. The topological polar surface area (TPSA) is 54.9 Å². The summed E-state index contributed by atoms with van der Waals surface area (Å²) in [5.74, 6) is -0.140. The van der Waals surface area contributed by atoms with Crippen LogP contribution >= 0.6 is 0 Å². The molecule has 1 aromatic carbocycles. The standard InChI is InChI=1S/C26H29N3O.C2H6/c1-5-7-8-19-9-11-21(12-10-19)20(6-2)15-18(3)25-16-22(26(30)27-4)23-17-28-14-13-24(23)29-25;1-2/h6,9-17H,5,7-8H2,1-4H3,(H,27,30);1-2H3/b18-15+,20-6+;. The van der Waals surface area contributed by atoms with Gasteiger partial charge in [0.05, 0.1) is 16.8 Å². The van der Waals surface area contributed by atoms with E-state index < -0.39 is 0 Å². The minimum Gasteiger partial charge on any atom is -0.355 e. The number of aromatic nitrogens is 2. The molecule has 0 atom stereocenters. The Labute approximate surface area is 192 Å². The van der Waals surface area contributed by atoms with Crippen molar-refractivity contribution in [1.29, 1.82) is 0 Å². The molecule has 4 heteroatoms. The molecule has 0 fully saturated rings. The van der Waals surface area contributed by atoms with Crippen molar-refractivity contribution in [3.05, 3.63) is 83.3 Å². The second kappa shape index (κ2) is 12.6. The van der Waals surface area contributed by atoms with Gasteiger partial charge in [-0.25, -0.2) is 4.98 Å². The number of pyridine rings is 2. The number of benzene rings is 1. The van der Waals surface area contributed by atoms with Gasteiger partial charge in [-0.3, -0.25) is 9.78 Å². The van der Waals surface area contributed by atoms with Crippen LogP contribution in [-0.4, -0.2) is 22.9 Å². The lowest BCUT2D eigenvalue weighted by atomic mass is 9.98. The van der Waals surface area contributed by atoms with E-state index >= 15 is 0 Å². The molecule has 0 saturated carbocycles. The van der Waals surface area contributed by atoms with Gasteiger partial charge in [0.2, 0.25) is 0 Å². The molecular formula is C28H35N3O. The molecule has 0 saturated heterocycles. The Bertz CT molecular complexity index is 1100. The molecule has 2 aromatic heterocycles. The molecule has 0 spiro atoms. The highest BCUT2D eigenvalue weighted by molar-refractivity contribution is 6.06. The molecule has 3 rings (SSSR count). The first-order valence-electron chi connectivity index (χ1n) is 11.5. The summed E-state index contributed by atoms with van der Waals surface area (Å²) in [5, 5.41) is 3.46. The monoisotopic (exact) mass is 429 g/mol. The van der Waals surface area contributed by atoms with Gasteiger partial charge in [-0.1, -0.05) is 57.5 Å². The number of unbranched alkanes of at least 4 members (excludes halogenated alkanes) is 1. The van der Waals surface area contributed by atoms with E-state index in [-0.39, 0.29) is 5.91 Å². The van der Waals surface area contributed by atoms with Crippen LogP contribution in [0.1, 0.15) is 74.6 Å². The third-order valence-electron chi connectivity index (χ3n) is 5.28. The van der Waals surface area contributed by atoms with Crippen LogP contribution in [0.3, 0.4) is 0 Å². The van der Waals surface area contributed by atoms with E-state index in [0.29, 0.717) is 5.56 Å². The van der Waals surface area contributed by atoms with Gasteiger partial charge < -0.3 is 5.32 Å². The fraction of sp³-hybridized carbons (Fsp3) is 0.321. The van der Waals surface area contributed by atoms with Crippen molar-refractivity contribution in [2.75, 3.05) is 7.05 Å². The van der Waals surface area contributed by atoms with Crippen molar-refractivity contribution in [1.82, 2.24) is 15.3 Å². The van der Waals surface area contributed by atoms with Gasteiger partial charge in [0.1, 0.15) is 0 Å². The summed E-state index contributed by atoms with van der Waals surface area (Å²) in [5.41, 5.74) is 6.81. The lowest BCUT2D eigenvalue weighted by molar-refractivity contribution is 0.0964. The molecule has 0 aliphatic carbocycles. The first-order valence-corrected chi connectivity index (χ1v) is 11.5. The molecule has 168 valence electrons. The highest BCUT2D eigenvalue weighted by atomic mass is 16.1. The summed E-state index contributed by atoms with van der Waals surface area (Å²) in [6.45, 7) is 10.3. The zero-order chi connectivity index (χ0) is 23.5. The fourth-order valence-corrected chi connectivity index (χ4v) is 3.48. The van der Waals surface area contributed by atoms with Crippen molar-refractivity contribution >= 4 is 28.0 Å². The van der Waals surface area contributed by atoms with Gasteiger partial charge in [0.25, 0.3) is 5.91 Å². The normalized spacial score (nSPS) is 11.7. The quantitative estimate of drug-likeness (QED) is 0.417. The number of hydrogen-bond acceptors (Lipinski definition) is 3. The molecular weight excluding hydrogens is 394 g/mol. The Kier molecular flexibility index (Phi) is 9.80. The fourth-order valence-electron chi connectivity index (χ4n) is 3.48. The van der Waals surface area contributed by atoms with Crippen LogP contribution in [0.4, 0.5) is 0 Å². The highest BCUT2D eigenvalue weighted by Gasteiger charge is 2.13. The van der Waals surface area contributed by atoms with Crippen LogP contribution in [0.5, 0.6) is 0 Å². The molecule has 2 heterocycles. The number of fused-ring (bicyclic) bond motifs is 1. The van der Waals surface area contributed by atoms with Crippen molar-refractivity contribution in [3.63, 3.8) is 0 Å². The lowest BCUT2D eigenvalue weighted by Gasteiger charge is -2.10. The van der Waals surface area contributed by atoms with Crippen LogP contribution in [0.25, 0.3) is 22.0 Å². The SMILES string of the molecule is C/C=C(\C=C(/C)c1cc(C(=O)NC)c2cnccc2n1)c1ccc(CCCC)cc1.CC. The second-order valence-electron chi connectivity index (χ2n) is 7.40. The predicted molar refractivity (Wildman–Crippen MR) is 137 cm³/mol. The molecule has 1 N–H and O–H groups in total. The van der Waals surface area contributed by atoms with Gasteiger partial charge in [-0.05, 0) is 67.2 Å². The van der Waals surface area contributed by atoms with Crippen LogP contribution < -0.4 is 5.32 Å². The summed E-state index contributed by atoms with van der Waals surface area (Å²) in [6, 6.07) is 12.5. The average Bonchev–Trinajstić information content (AvgIpc) is 2.86. The number of carbonyl (C=O) groups excluding carboxylic acids is 1. The van der Waals surface area contributed by atoms with E-state index in [9.17, 15) is 4.79 Å². The molecule has 0 radical (unpaired) electrons. The van der Waals surface area contributed by atoms with Crippen LogP contribution in [0.15, 0.2) is 60.9 Å². The zero-order valence-electron chi connectivity index (χ0n) is 20.2. The van der Waals surface area contributed by atoms with E-state index in [4.69, 9.17) is 4.98 Å². The molecule has 0 aliphatic rings. The molecule has 4 nitrogen and oxygen atoms in total. The van der Waals surface area contributed by atoms with E-state index in [1.807, 2.05) is 39.8 Å². The van der Waals surface area contributed by atoms with Crippen LogP contribution in [0, 0.1) is 0 Å². The lowest BCUT2D eigenvalue weighted by Crippen LogP contribution is -2.18. The number of carbonyl (C=O) groups is 1. The predicted octanol–water partition coefficient (Wildman–Crippen LogP) is 6.87. The van der Waals surface area contributed by atoms with E-state index in [0.717, 1.165) is 34.2 Å². The third kappa shape index (κ3) is 6.13. The smallest absolute Gasteiger partial charge is 0.251 e. The van der Waals surface area contributed by atoms with Gasteiger partial charge >= 0.3 is 0 Å². The summed E-state index contributed by atoms with van der Waals surface area (Å²) in [6.07, 6.45) is 11.2. The molecule has 1 amide bonds. The minimum atomic E-state index is -0.140. The number of rotatable bonds is 7. The summed E-state index contributed by atoms with van der Waals surface area (Å²) in [4.78, 5) is 21.3. The first kappa shape index (κ1) is 25.0. The van der Waals surface area contributed by atoms with E-state index in [1.54, 1.807) is 19.4 Å². The molecule has 0 bridgehead atoms. The second-order valence-corrected chi connectivity index (χ2v) is 7.40. The Hall–Kier alpha value is -3.27. The largest absolute Gasteiger partial charge is 0.355 e. The molecule has 3 aromatic rings. The third-order valence-corrected chi connectivity index (χ3v) is 5.28. The zero-order valence-corrected chi connectivity index (χ0v) is 20.2. The van der Waals surface area contributed by atoms with Crippen molar-refractivity contribution in [2.45, 2.75) is 53.9 Å². The Balaban J connectivity index is 0.00000176. The van der Waals surface area contributed by atoms with E-state index in [2.05, 4.69) is 53.6 Å². The summed E-state index contributed by atoms with van der Waals surface area (Å²) < 4.78 is 0. The minimum absolute atomic E-state index is 0.140. The van der Waals surface area contributed by atoms with E-state index in [1.165, 1.54) is 24.0 Å². The maximum absolute atomic E-state index is 12.4. The molecule has 32 heavy (non-hydrogen) atoms. The number of hydrogen-bond donors (Lipinski definition) is 1. The van der Waals surface area contributed by atoms with Crippen LogP contribution in [-0.2, 0) is 6.42 Å². The first-order chi connectivity index (χ1) is 15.6. The van der Waals surface area contributed by atoms with Gasteiger partial charge in [-0.15, -0.1) is 0 Å². The Morgan fingerprint density at radius 2 is 1.84 bits per heavy atom. The Morgan fingerprint density at radius 1 is 1.12 bits per heavy atom. The number of allylic oxidation sites excluding steroid dienone is 4. The average molecular weight is 430 g/mol. The van der Waals surface area contributed by atoms with Gasteiger partial charge in [0.15, 0.2) is 0 Å². The number of nitrogens with one attached hydrogen (secondary N) is 1. The van der Waals surface area contributed by atoms with Crippen molar-refractivity contribution in [2.24, 2.45) is 0 Å². The number of aryl methyl sites for hydroxylation is 1. The number of amides is 1. The Morgan fingerprint density at radius 3 is 2.47 bits per heavy atom. The highest BCUT2D eigenvalue weighted by Crippen LogP contribution is 2.25. The summed E-state index contributed by atoms with van der Waals surface area (Å²) >= 11 is 0. The maximum Gasteiger partial charge on any atom is 0.251 e. The summed E-state index contributed by atoms with van der Waals surface area (Å²) in [7, 11) is 1.63. The maximum atomic E-state index is 12.4. The van der Waals surface area contributed by atoms with Gasteiger partial charge in [-0.2, -0.15) is 0 Å².